The maximum atomic E-state index is 12.4. The predicted molar refractivity (Wildman–Crippen MR) is 95.8 cm³/mol. The second-order valence-corrected chi connectivity index (χ2v) is 6.60. The molecule has 0 aromatic heterocycles. The van der Waals surface area contributed by atoms with Gasteiger partial charge in [-0.1, -0.05) is 37.0 Å². The lowest BCUT2D eigenvalue weighted by Crippen LogP contribution is -2.34. The van der Waals surface area contributed by atoms with Crippen molar-refractivity contribution in [3.05, 3.63) is 28.7 Å². The molecule has 128 valence electrons. The lowest BCUT2D eigenvalue weighted by Gasteiger charge is -2.13. The molecule has 0 saturated carbocycles. The monoisotopic (exact) mass is 367 g/mol. The van der Waals surface area contributed by atoms with Crippen LogP contribution in [0.4, 0.5) is 0 Å². The Balaban J connectivity index is 2.12. The number of hydrogen-bond donors (Lipinski definition) is 1. The summed E-state index contributed by atoms with van der Waals surface area (Å²) in [4.78, 5) is 25.7. The van der Waals surface area contributed by atoms with Crippen LogP contribution in [0.5, 0.6) is 11.5 Å². The summed E-state index contributed by atoms with van der Waals surface area (Å²) < 4.78 is 10.3. The smallest absolute Gasteiger partial charge is 0.326 e. The average molecular weight is 367 g/mol. The lowest BCUT2D eigenvalue weighted by atomic mass is 10.2. The van der Waals surface area contributed by atoms with Gasteiger partial charge in [0.2, 0.25) is 0 Å². The number of methoxy groups -OCH3 is 1. The number of thiocarbonyl (C=S) groups is 1. The highest BCUT2D eigenvalue weighted by Crippen LogP contribution is 2.34. The summed E-state index contributed by atoms with van der Waals surface area (Å²) in [7, 11) is 1.46. The van der Waals surface area contributed by atoms with E-state index in [1.807, 2.05) is 6.92 Å². The van der Waals surface area contributed by atoms with Gasteiger partial charge in [0.05, 0.1) is 18.6 Å². The zero-order valence-corrected chi connectivity index (χ0v) is 14.9. The fourth-order valence-electron chi connectivity index (χ4n) is 1.98. The topological polar surface area (TPSA) is 76.1 Å². The van der Waals surface area contributed by atoms with Crippen LogP contribution >= 0.6 is 24.0 Å². The molecule has 1 aliphatic heterocycles. The lowest BCUT2D eigenvalue weighted by molar-refractivity contribution is -0.146. The largest absolute Gasteiger partial charge is 0.504 e. The summed E-state index contributed by atoms with van der Waals surface area (Å²) >= 11 is 6.26. The summed E-state index contributed by atoms with van der Waals surface area (Å²) in [5, 5.41) is 9.79. The Morgan fingerprint density at radius 3 is 2.83 bits per heavy atom. The van der Waals surface area contributed by atoms with E-state index in [4.69, 9.17) is 21.7 Å². The van der Waals surface area contributed by atoms with E-state index in [1.165, 1.54) is 18.1 Å². The molecule has 1 saturated heterocycles. The summed E-state index contributed by atoms with van der Waals surface area (Å²) in [6.45, 7) is 2.00. The Morgan fingerprint density at radius 1 is 1.46 bits per heavy atom. The average Bonchev–Trinajstić information content (AvgIpc) is 2.80. The third kappa shape index (κ3) is 4.27. The van der Waals surface area contributed by atoms with E-state index in [-0.39, 0.29) is 18.2 Å². The highest BCUT2D eigenvalue weighted by molar-refractivity contribution is 8.26. The highest BCUT2D eigenvalue weighted by Gasteiger charge is 2.33. The number of thioether (sulfide) groups is 1. The van der Waals surface area contributed by atoms with Gasteiger partial charge < -0.3 is 14.6 Å². The van der Waals surface area contributed by atoms with E-state index >= 15 is 0 Å². The number of aromatic hydroxyl groups is 1. The van der Waals surface area contributed by atoms with E-state index in [0.29, 0.717) is 33.6 Å². The number of phenolic OH excluding ortho intramolecular Hbond substituents is 1. The fraction of sp³-hybridized carbons (Fsp3) is 0.312. The van der Waals surface area contributed by atoms with E-state index in [2.05, 4.69) is 0 Å². The van der Waals surface area contributed by atoms with Gasteiger partial charge in [-0.15, -0.1) is 0 Å². The van der Waals surface area contributed by atoms with Crippen LogP contribution in [0.1, 0.15) is 18.9 Å². The Labute approximate surface area is 149 Å². The fourth-order valence-corrected chi connectivity index (χ4v) is 3.23. The van der Waals surface area contributed by atoms with Crippen molar-refractivity contribution in [1.29, 1.82) is 0 Å². The number of benzene rings is 1. The first-order valence-corrected chi connectivity index (χ1v) is 8.46. The normalized spacial score (nSPS) is 15.9. The van der Waals surface area contributed by atoms with Gasteiger partial charge in [-0.2, -0.15) is 0 Å². The number of ether oxygens (including phenoxy) is 2. The van der Waals surface area contributed by atoms with Gasteiger partial charge in [0, 0.05) is 0 Å². The van der Waals surface area contributed by atoms with Crippen LogP contribution in [-0.2, 0) is 14.3 Å². The summed E-state index contributed by atoms with van der Waals surface area (Å²) in [5.74, 6) is -0.520. The minimum absolute atomic E-state index is 0.0233. The quantitative estimate of drug-likeness (QED) is 0.470. The Kier molecular flexibility index (Phi) is 6.22. The van der Waals surface area contributed by atoms with Crippen LogP contribution in [0, 0.1) is 0 Å². The third-order valence-electron chi connectivity index (χ3n) is 3.13. The summed E-state index contributed by atoms with van der Waals surface area (Å²) in [5.41, 5.74) is 0.627. The van der Waals surface area contributed by atoms with Crippen LogP contribution in [0.2, 0.25) is 0 Å². The first kappa shape index (κ1) is 18.3. The van der Waals surface area contributed by atoms with Crippen molar-refractivity contribution in [1.82, 2.24) is 4.90 Å². The molecule has 1 N–H and O–H groups in total. The molecule has 0 aliphatic carbocycles. The van der Waals surface area contributed by atoms with Crippen LogP contribution < -0.4 is 4.74 Å². The molecule has 1 aromatic carbocycles. The third-order valence-corrected chi connectivity index (χ3v) is 4.51. The van der Waals surface area contributed by atoms with Crippen LogP contribution in [0.25, 0.3) is 6.08 Å². The molecule has 0 atom stereocenters. The number of rotatable bonds is 6. The number of hydrogen-bond acceptors (Lipinski definition) is 7. The van der Waals surface area contributed by atoms with Crippen molar-refractivity contribution < 1.29 is 24.2 Å². The van der Waals surface area contributed by atoms with Gasteiger partial charge >= 0.3 is 5.97 Å². The molecule has 0 bridgehead atoms. The zero-order valence-electron chi connectivity index (χ0n) is 13.3. The summed E-state index contributed by atoms with van der Waals surface area (Å²) in [6.07, 6.45) is 2.32. The molecule has 1 amide bonds. The molecular formula is C16H17NO5S2. The molecular weight excluding hydrogens is 350 g/mol. The Bertz CT molecular complexity index is 702. The van der Waals surface area contributed by atoms with Gasteiger partial charge in [0.15, 0.2) is 11.5 Å². The zero-order chi connectivity index (χ0) is 17.7. The van der Waals surface area contributed by atoms with Crippen molar-refractivity contribution in [2.75, 3.05) is 20.3 Å². The highest BCUT2D eigenvalue weighted by atomic mass is 32.2. The molecule has 6 nitrogen and oxygen atoms in total. The number of carbonyl (C=O) groups is 2. The van der Waals surface area contributed by atoms with Gasteiger partial charge in [-0.05, 0) is 30.2 Å². The molecule has 1 aromatic rings. The SMILES string of the molecule is CCCOC(=O)CN1C(=O)/C(=C/c2ccc(OC)c(O)c2)SC1=S. The van der Waals surface area contributed by atoms with Gasteiger partial charge in [0.25, 0.3) is 5.91 Å². The first-order chi connectivity index (χ1) is 11.5. The van der Waals surface area contributed by atoms with Gasteiger partial charge in [0.1, 0.15) is 10.9 Å². The molecule has 0 radical (unpaired) electrons. The standard InChI is InChI=1S/C16H17NO5S2/c1-3-6-22-14(19)9-17-15(20)13(24-16(17)23)8-10-4-5-12(21-2)11(18)7-10/h4-5,7-8,18H,3,6,9H2,1-2H3/b13-8-. The minimum Gasteiger partial charge on any atom is -0.504 e. The van der Waals surface area contributed by atoms with E-state index in [1.54, 1.807) is 18.2 Å². The first-order valence-electron chi connectivity index (χ1n) is 7.24. The van der Waals surface area contributed by atoms with Crippen molar-refractivity contribution in [2.24, 2.45) is 0 Å². The predicted octanol–water partition coefficient (Wildman–Crippen LogP) is 2.56. The number of esters is 1. The van der Waals surface area contributed by atoms with Crippen LogP contribution in [0.15, 0.2) is 23.1 Å². The second kappa shape index (κ2) is 8.16. The molecule has 1 fully saturated rings. The minimum atomic E-state index is -0.489. The van der Waals surface area contributed by atoms with Crippen LogP contribution in [0.3, 0.4) is 0 Å². The molecule has 24 heavy (non-hydrogen) atoms. The van der Waals surface area contributed by atoms with Gasteiger partial charge in [-0.25, -0.2) is 0 Å². The molecule has 1 heterocycles. The van der Waals surface area contributed by atoms with Gasteiger partial charge in [-0.3, -0.25) is 14.5 Å². The number of amides is 1. The van der Waals surface area contributed by atoms with Crippen LogP contribution in [-0.4, -0.2) is 46.5 Å². The molecule has 1 aliphatic rings. The van der Waals surface area contributed by atoms with E-state index in [9.17, 15) is 14.7 Å². The number of carbonyl (C=O) groups excluding carboxylic acids is 2. The Morgan fingerprint density at radius 2 is 2.21 bits per heavy atom. The Hall–Kier alpha value is -2.06. The maximum absolute atomic E-state index is 12.4. The molecule has 2 rings (SSSR count). The van der Waals surface area contributed by atoms with Crippen molar-refractivity contribution in [3.8, 4) is 11.5 Å². The number of nitrogens with zero attached hydrogens (tertiary/aromatic N) is 1. The molecule has 0 unspecified atom stereocenters. The van der Waals surface area contributed by atoms with E-state index in [0.717, 1.165) is 11.8 Å². The molecule has 8 heteroatoms. The molecule has 0 spiro atoms. The second-order valence-electron chi connectivity index (χ2n) is 4.92. The van der Waals surface area contributed by atoms with E-state index < -0.39 is 5.97 Å². The maximum Gasteiger partial charge on any atom is 0.326 e. The van der Waals surface area contributed by atoms with Crippen molar-refractivity contribution >= 4 is 46.3 Å². The summed E-state index contributed by atoms with van der Waals surface area (Å²) in [6, 6.07) is 4.80. The van der Waals surface area contributed by atoms with Crippen molar-refractivity contribution in [2.45, 2.75) is 13.3 Å². The van der Waals surface area contributed by atoms with Crippen molar-refractivity contribution in [3.63, 3.8) is 0 Å². The number of phenols is 1.